The number of guanidine groups is 1. The summed E-state index contributed by atoms with van der Waals surface area (Å²) in [6.07, 6.45) is 1.22. The van der Waals surface area contributed by atoms with Crippen molar-refractivity contribution in [2.75, 3.05) is 34.2 Å². The van der Waals surface area contributed by atoms with Gasteiger partial charge in [-0.2, -0.15) is 0 Å². The van der Waals surface area contributed by atoms with E-state index in [0.717, 1.165) is 19.0 Å². The molecule has 1 saturated heterocycles. The predicted molar refractivity (Wildman–Crippen MR) is 87.8 cm³/mol. The lowest BCUT2D eigenvalue weighted by molar-refractivity contribution is 0.425. The molecule has 1 fully saturated rings. The van der Waals surface area contributed by atoms with Gasteiger partial charge in [-0.05, 0) is 12.0 Å². The first-order chi connectivity index (χ1) is 8.22. The Kier molecular flexibility index (Phi) is 5.91. The summed E-state index contributed by atoms with van der Waals surface area (Å²) in [7, 11) is 5.97. The van der Waals surface area contributed by atoms with E-state index >= 15 is 0 Å². The monoisotopic (exact) mass is 359 g/mol. The second kappa shape index (κ2) is 6.97. The highest BCUT2D eigenvalue weighted by Crippen LogP contribution is 2.27. The molecule has 0 bridgehead atoms. The van der Waals surface area contributed by atoms with E-state index < -0.39 is 0 Å². The van der Waals surface area contributed by atoms with Crippen molar-refractivity contribution >= 4 is 29.9 Å². The summed E-state index contributed by atoms with van der Waals surface area (Å²) < 4.78 is 0. The summed E-state index contributed by atoms with van der Waals surface area (Å²) >= 11 is 0. The van der Waals surface area contributed by atoms with Crippen molar-refractivity contribution in [1.29, 1.82) is 0 Å². The number of hydrogen-bond donors (Lipinski definition) is 0. The van der Waals surface area contributed by atoms with E-state index in [2.05, 4.69) is 59.2 Å². The normalized spacial score (nSPS) is 19.6. The van der Waals surface area contributed by atoms with Crippen molar-refractivity contribution in [3.05, 3.63) is 35.9 Å². The standard InChI is InChI=1S/C14H21N3.HI/c1-15-14(16(2)3)17-10-9-13(11-17)12-7-5-4-6-8-12;/h4-8,13H,9-11H2,1-3H3;1H. The third-order valence-electron chi connectivity index (χ3n) is 3.34. The summed E-state index contributed by atoms with van der Waals surface area (Å²) in [5.74, 6) is 1.73. The Bertz CT molecular complexity index is 389. The molecule has 3 nitrogen and oxygen atoms in total. The zero-order valence-corrected chi connectivity index (χ0v) is 13.7. The number of likely N-dealkylation sites (tertiary alicyclic amines) is 1. The van der Waals surface area contributed by atoms with Crippen LogP contribution in [0.4, 0.5) is 0 Å². The van der Waals surface area contributed by atoms with Gasteiger partial charge in [-0.25, -0.2) is 0 Å². The average molecular weight is 359 g/mol. The molecule has 100 valence electrons. The lowest BCUT2D eigenvalue weighted by atomic mass is 9.99. The number of halogens is 1. The van der Waals surface area contributed by atoms with Crippen LogP contribution in [0.1, 0.15) is 17.9 Å². The van der Waals surface area contributed by atoms with Gasteiger partial charge in [0.05, 0.1) is 0 Å². The van der Waals surface area contributed by atoms with Crippen molar-refractivity contribution in [2.24, 2.45) is 4.99 Å². The molecule has 1 aliphatic heterocycles. The molecule has 0 spiro atoms. The third-order valence-corrected chi connectivity index (χ3v) is 3.34. The summed E-state index contributed by atoms with van der Waals surface area (Å²) in [5.41, 5.74) is 1.45. The SMILES string of the molecule is CN=C(N(C)C)N1CCC(c2ccccc2)C1.I. The quantitative estimate of drug-likeness (QED) is 0.436. The number of rotatable bonds is 1. The smallest absolute Gasteiger partial charge is 0.195 e. The topological polar surface area (TPSA) is 18.8 Å². The van der Waals surface area contributed by atoms with Crippen LogP contribution in [0, 0.1) is 0 Å². The first kappa shape index (κ1) is 15.3. The number of nitrogens with zero attached hydrogens (tertiary/aromatic N) is 3. The predicted octanol–water partition coefficient (Wildman–Crippen LogP) is 2.64. The minimum absolute atomic E-state index is 0. The van der Waals surface area contributed by atoms with Gasteiger partial charge in [0.1, 0.15) is 0 Å². The maximum Gasteiger partial charge on any atom is 0.195 e. The summed E-state index contributed by atoms with van der Waals surface area (Å²) in [6.45, 7) is 2.18. The van der Waals surface area contributed by atoms with Gasteiger partial charge in [-0.1, -0.05) is 30.3 Å². The highest BCUT2D eigenvalue weighted by molar-refractivity contribution is 14.0. The minimum Gasteiger partial charge on any atom is -0.349 e. The van der Waals surface area contributed by atoms with Crippen LogP contribution in [-0.4, -0.2) is 50.0 Å². The van der Waals surface area contributed by atoms with E-state index in [-0.39, 0.29) is 24.0 Å². The fourth-order valence-electron chi connectivity index (χ4n) is 2.56. The second-order valence-electron chi connectivity index (χ2n) is 4.76. The molecule has 2 rings (SSSR count). The molecule has 1 atom stereocenters. The maximum absolute atomic E-state index is 4.37. The van der Waals surface area contributed by atoms with Crippen LogP contribution in [0.2, 0.25) is 0 Å². The Morgan fingerprint density at radius 3 is 2.50 bits per heavy atom. The van der Waals surface area contributed by atoms with E-state index in [0.29, 0.717) is 5.92 Å². The fourth-order valence-corrected chi connectivity index (χ4v) is 2.56. The Morgan fingerprint density at radius 2 is 1.94 bits per heavy atom. The lowest BCUT2D eigenvalue weighted by Gasteiger charge is -2.26. The van der Waals surface area contributed by atoms with Crippen LogP contribution in [0.25, 0.3) is 0 Å². The molecule has 0 aromatic heterocycles. The van der Waals surface area contributed by atoms with E-state index in [1.54, 1.807) is 0 Å². The van der Waals surface area contributed by atoms with Crippen molar-refractivity contribution < 1.29 is 0 Å². The minimum atomic E-state index is 0. The average Bonchev–Trinajstić information content (AvgIpc) is 2.80. The molecule has 0 radical (unpaired) electrons. The maximum atomic E-state index is 4.37. The third kappa shape index (κ3) is 3.37. The number of aliphatic imine (C=N–C) groups is 1. The molecule has 1 aromatic rings. The number of hydrogen-bond acceptors (Lipinski definition) is 1. The van der Waals surface area contributed by atoms with Gasteiger partial charge in [0.15, 0.2) is 5.96 Å². The zero-order chi connectivity index (χ0) is 12.3. The van der Waals surface area contributed by atoms with E-state index in [4.69, 9.17) is 0 Å². The van der Waals surface area contributed by atoms with Gasteiger partial charge in [0.25, 0.3) is 0 Å². The Labute approximate surface area is 127 Å². The van der Waals surface area contributed by atoms with Crippen molar-refractivity contribution in [3.8, 4) is 0 Å². The van der Waals surface area contributed by atoms with E-state index in [1.165, 1.54) is 12.0 Å². The molecular formula is C14H22IN3. The molecule has 0 N–H and O–H groups in total. The molecule has 1 heterocycles. The van der Waals surface area contributed by atoms with Gasteiger partial charge in [0, 0.05) is 40.2 Å². The molecule has 0 aliphatic carbocycles. The first-order valence-electron chi connectivity index (χ1n) is 6.16. The van der Waals surface area contributed by atoms with Crippen LogP contribution in [0.15, 0.2) is 35.3 Å². The van der Waals surface area contributed by atoms with Crippen LogP contribution in [0.3, 0.4) is 0 Å². The summed E-state index contributed by atoms with van der Waals surface area (Å²) in [4.78, 5) is 8.83. The second-order valence-corrected chi connectivity index (χ2v) is 4.76. The molecule has 1 unspecified atom stereocenters. The van der Waals surface area contributed by atoms with Gasteiger partial charge in [0.2, 0.25) is 0 Å². The molecule has 1 aliphatic rings. The van der Waals surface area contributed by atoms with Crippen molar-refractivity contribution in [2.45, 2.75) is 12.3 Å². The summed E-state index contributed by atoms with van der Waals surface area (Å²) in [5, 5.41) is 0. The van der Waals surface area contributed by atoms with Crippen LogP contribution >= 0.6 is 24.0 Å². The molecule has 4 heteroatoms. The molecule has 0 saturated carbocycles. The van der Waals surface area contributed by atoms with Gasteiger partial charge in [-0.15, -0.1) is 24.0 Å². The molecule has 1 aromatic carbocycles. The summed E-state index contributed by atoms with van der Waals surface area (Å²) in [6, 6.07) is 10.8. The lowest BCUT2D eigenvalue weighted by Crippen LogP contribution is -2.39. The molecule has 0 amide bonds. The van der Waals surface area contributed by atoms with E-state index in [1.807, 2.05) is 7.05 Å². The van der Waals surface area contributed by atoms with Crippen molar-refractivity contribution in [3.63, 3.8) is 0 Å². The largest absolute Gasteiger partial charge is 0.349 e. The Morgan fingerprint density at radius 1 is 1.28 bits per heavy atom. The van der Waals surface area contributed by atoms with Gasteiger partial charge < -0.3 is 9.80 Å². The van der Waals surface area contributed by atoms with Crippen LogP contribution in [0.5, 0.6) is 0 Å². The Balaban J connectivity index is 0.00000162. The highest BCUT2D eigenvalue weighted by atomic mass is 127. The number of benzene rings is 1. The fraction of sp³-hybridized carbons (Fsp3) is 0.500. The molecule has 18 heavy (non-hydrogen) atoms. The first-order valence-corrected chi connectivity index (χ1v) is 6.16. The molecular weight excluding hydrogens is 337 g/mol. The van der Waals surface area contributed by atoms with E-state index in [9.17, 15) is 0 Å². The zero-order valence-electron chi connectivity index (χ0n) is 11.3. The van der Waals surface area contributed by atoms with Crippen LogP contribution < -0.4 is 0 Å². The van der Waals surface area contributed by atoms with Crippen LogP contribution in [-0.2, 0) is 0 Å². The Hall–Kier alpha value is -0.780. The highest BCUT2D eigenvalue weighted by Gasteiger charge is 2.26. The van der Waals surface area contributed by atoms with Gasteiger partial charge in [-0.3, -0.25) is 4.99 Å². The van der Waals surface area contributed by atoms with Crippen molar-refractivity contribution in [1.82, 2.24) is 9.80 Å². The van der Waals surface area contributed by atoms with Gasteiger partial charge >= 0.3 is 0 Å².